The van der Waals surface area contributed by atoms with Crippen LogP contribution in [-0.4, -0.2) is 33.3 Å². The van der Waals surface area contributed by atoms with Crippen molar-refractivity contribution in [2.75, 3.05) is 6.61 Å². The number of para-hydroxylation sites is 1. The van der Waals surface area contributed by atoms with Gasteiger partial charge in [0, 0.05) is 11.8 Å². The second kappa shape index (κ2) is 11.4. The number of amides is 1. The van der Waals surface area contributed by atoms with Crippen LogP contribution in [0.1, 0.15) is 29.8 Å². The third-order valence-electron chi connectivity index (χ3n) is 6.26. The number of Topliss-reactive ketones (excluding diaryl/α,β-unsaturated/α-hetero) is 1. The predicted molar refractivity (Wildman–Crippen MR) is 148 cm³/mol. The number of ketones is 1. The number of carbonyl (C=O) groups excluding carboxylic acids is 2. The highest BCUT2D eigenvalue weighted by Crippen LogP contribution is 2.42. The van der Waals surface area contributed by atoms with E-state index in [1.165, 1.54) is 4.90 Å². The number of pyridine rings is 1. The standard InChI is InChI=1S/C31H25ClN2O5/c1-2-38-26-18-21(14-15-25(26)32)29(35)27-28(34(31(37)30(27)36)19-22-10-6-7-16-33-22)20-9-8-13-24(17-20)39-23-11-4-3-5-12-23/h3-18,28,35H,2,19H2,1H3/b29-27-. The fourth-order valence-electron chi connectivity index (χ4n) is 4.50. The predicted octanol–water partition coefficient (Wildman–Crippen LogP) is 6.55. The second-order valence-electron chi connectivity index (χ2n) is 8.81. The summed E-state index contributed by atoms with van der Waals surface area (Å²) in [6.45, 7) is 2.25. The van der Waals surface area contributed by atoms with Crippen LogP contribution < -0.4 is 9.47 Å². The smallest absolute Gasteiger partial charge is 0.296 e. The number of ether oxygens (including phenoxy) is 2. The minimum Gasteiger partial charge on any atom is -0.507 e. The number of benzene rings is 3. The van der Waals surface area contributed by atoms with Crippen LogP contribution >= 0.6 is 11.6 Å². The van der Waals surface area contributed by atoms with Gasteiger partial charge >= 0.3 is 0 Å². The molecule has 196 valence electrons. The highest BCUT2D eigenvalue weighted by atomic mass is 35.5. The molecule has 1 amide bonds. The van der Waals surface area contributed by atoms with Crippen molar-refractivity contribution >= 4 is 29.1 Å². The van der Waals surface area contributed by atoms with Gasteiger partial charge in [-0.25, -0.2) is 0 Å². The zero-order chi connectivity index (χ0) is 27.4. The van der Waals surface area contributed by atoms with E-state index < -0.39 is 17.7 Å². The normalized spacial score (nSPS) is 16.4. The number of likely N-dealkylation sites (tertiary alicyclic amines) is 1. The molecule has 2 heterocycles. The molecule has 7 nitrogen and oxygen atoms in total. The molecule has 1 N–H and O–H groups in total. The Bertz CT molecular complexity index is 1540. The van der Waals surface area contributed by atoms with E-state index in [-0.39, 0.29) is 17.9 Å². The molecule has 0 spiro atoms. The largest absolute Gasteiger partial charge is 0.507 e. The van der Waals surface area contributed by atoms with Crippen molar-refractivity contribution in [1.29, 1.82) is 0 Å². The first-order valence-electron chi connectivity index (χ1n) is 12.4. The van der Waals surface area contributed by atoms with Gasteiger partial charge in [-0.3, -0.25) is 14.6 Å². The lowest BCUT2D eigenvalue weighted by Gasteiger charge is -2.25. The molecule has 0 saturated carbocycles. The van der Waals surface area contributed by atoms with Gasteiger partial charge in [0.15, 0.2) is 0 Å². The van der Waals surface area contributed by atoms with Crippen molar-refractivity contribution in [3.8, 4) is 17.2 Å². The molecule has 5 rings (SSSR count). The first-order chi connectivity index (χ1) is 19.0. The summed E-state index contributed by atoms with van der Waals surface area (Å²) in [6.07, 6.45) is 1.62. The summed E-state index contributed by atoms with van der Waals surface area (Å²) in [5.74, 6) is -0.333. The number of nitrogens with zero attached hydrogens (tertiary/aromatic N) is 2. The molecule has 0 bridgehead atoms. The van der Waals surface area contributed by atoms with Crippen LogP contribution in [0.3, 0.4) is 0 Å². The van der Waals surface area contributed by atoms with Gasteiger partial charge in [-0.1, -0.05) is 48.0 Å². The maximum absolute atomic E-state index is 13.4. The highest BCUT2D eigenvalue weighted by Gasteiger charge is 2.46. The summed E-state index contributed by atoms with van der Waals surface area (Å²) >= 11 is 6.24. The zero-order valence-corrected chi connectivity index (χ0v) is 21.8. The Kier molecular flexibility index (Phi) is 7.61. The monoisotopic (exact) mass is 540 g/mol. The number of carbonyl (C=O) groups is 2. The van der Waals surface area contributed by atoms with Crippen molar-refractivity contribution in [2.24, 2.45) is 0 Å². The number of aliphatic hydroxyl groups excluding tert-OH is 1. The molecule has 1 aliphatic rings. The minimum absolute atomic E-state index is 0.0439. The number of aromatic nitrogens is 1. The molecule has 8 heteroatoms. The van der Waals surface area contributed by atoms with E-state index in [2.05, 4.69) is 4.98 Å². The molecular weight excluding hydrogens is 516 g/mol. The number of halogens is 1. The first-order valence-corrected chi connectivity index (χ1v) is 12.8. The summed E-state index contributed by atoms with van der Waals surface area (Å²) < 4.78 is 11.6. The number of aliphatic hydroxyl groups is 1. The summed E-state index contributed by atoms with van der Waals surface area (Å²) in [5.41, 5.74) is 1.46. The Balaban J connectivity index is 1.62. The van der Waals surface area contributed by atoms with Crippen molar-refractivity contribution < 1.29 is 24.2 Å². The molecule has 1 unspecified atom stereocenters. The number of hydrogen-bond donors (Lipinski definition) is 1. The number of rotatable bonds is 8. The molecule has 4 aromatic rings. The molecular formula is C31H25ClN2O5. The molecule has 0 radical (unpaired) electrons. The van der Waals surface area contributed by atoms with Crippen LogP contribution in [0.2, 0.25) is 5.02 Å². The second-order valence-corrected chi connectivity index (χ2v) is 9.22. The van der Waals surface area contributed by atoms with Gasteiger partial charge in [-0.05, 0) is 67.1 Å². The Hall–Kier alpha value is -4.62. The Morgan fingerprint density at radius 1 is 0.949 bits per heavy atom. The molecule has 1 aromatic heterocycles. The van der Waals surface area contributed by atoms with Crippen molar-refractivity contribution in [1.82, 2.24) is 9.88 Å². The summed E-state index contributed by atoms with van der Waals surface area (Å²) in [7, 11) is 0. The molecule has 1 saturated heterocycles. The lowest BCUT2D eigenvalue weighted by atomic mass is 9.95. The van der Waals surface area contributed by atoms with Crippen molar-refractivity contribution in [3.05, 3.63) is 125 Å². The van der Waals surface area contributed by atoms with Gasteiger partial charge in [0.1, 0.15) is 23.0 Å². The van der Waals surface area contributed by atoms with Crippen molar-refractivity contribution in [3.63, 3.8) is 0 Å². The third kappa shape index (κ3) is 5.49. The average molecular weight is 541 g/mol. The van der Waals surface area contributed by atoms with E-state index in [9.17, 15) is 14.7 Å². The van der Waals surface area contributed by atoms with E-state index in [1.54, 1.807) is 60.8 Å². The maximum Gasteiger partial charge on any atom is 0.296 e. The molecule has 1 fully saturated rings. The summed E-state index contributed by atoms with van der Waals surface area (Å²) in [6, 6.07) is 25.6. The molecule has 3 aromatic carbocycles. The average Bonchev–Trinajstić information content (AvgIpc) is 3.20. The zero-order valence-electron chi connectivity index (χ0n) is 21.1. The van der Waals surface area contributed by atoms with Gasteiger partial charge in [0.25, 0.3) is 11.7 Å². The Morgan fingerprint density at radius 2 is 1.72 bits per heavy atom. The van der Waals surface area contributed by atoms with Crippen LogP contribution in [0, 0.1) is 0 Å². The fraction of sp³-hybridized carbons (Fsp3) is 0.129. The van der Waals surface area contributed by atoms with E-state index in [4.69, 9.17) is 21.1 Å². The summed E-state index contributed by atoms with van der Waals surface area (Å²) in [4.78, 5) is 32.6. The van der Waals surface area contributed by atoms with Gasteiger partial charge in [-0.2, -0.15) is 0 Å². The van der Waals surface area contributed by atoms with E-state index in [0.717, 1.165) is 0 Å². The highest BCUT2D eigenvalue weighted by molar-refractivity contribution is 6.46. The van der Waals surface area contributed by atoms with Gasteiger partial charge < -0.3 is 19.5 Å². The quantitative estimate of drug-likeness (QED) is 0.155. The Labute approximate surface area is 230 Å². The molecule has 1 aliphatic heterocycles. The number of hydrogen-bond acceptors (Lipinski definition) is 6. The van der Waals surface area contributed by atoms with Crippen LogP contribution in [0.4, 0.5) is 0 Å². The van der Waals surface area contributed by atoms with Gasteiger partial charge in [0.05, 0.1) is 35.5 Å². The molecule has 1 atom stereocenters. The van der Waals surface area contributed by atoms with E-state index in [1.807, 2.05) is 43.3 Å². The Morgan fingerprint density at radius 3 is 2.46 bits per heavy atom. The van der Waals surface area contributed by atoms with Crippen molar-refractivity contribution in [2.45, 2.75) is 19.5 Å². The van der Waals surface area contributed by atoms with E-state index >= 15 is 0 Å². The lowest BCUT2D eigenvalue weighted by Crippen LogP contribution is -2.29. The molecule has 0 aliphatic carbocycles. The van der Waals surface area contributed by atoms with Crippen LogP contribution in [0.25, 0.3) is 5.76 Å². The first kappa shape index (κ1) is 26.0. The van der Waals surface area contributed by atoms with Crippen LogP contribution in [-0.2, 0) is 16.1 Å². The topological polar surface area (TPSA) is 89.0 Å². The lowest BCUT2D eigenvalue weighted by molar-refractivity contribution is -0.140. The van der Waals surface area contributed by atoms with E-state index in [0.29, 0.717) is 45.7 Å². The van der Waals surface area contributed by atoms with Crippen LogP contribution in [0.5, 0.6) is 17.2 Å². The SMILES string of the molecule is CCOc1cc(/C(O)=C2/C(=O)C(=O)N(Cc3ccccn3)C2c2cccc(Oc3ccccc3)c2)ccc1Cl. The van der Waals surface area contributed by atoms with Gasteiger partial charge in [0.2, 0.25) is 0 Å². The van der Waals surface area contributed by atoms with Gasteiger partial charge in [-0.15, -0.1) is 0 Å². The summed E-state index contributed by atoms with van der Waals surface area (Å²) in [5, 5.41) is 11.8. The third-order valence-corrected chi connectivity index (χ3v) is 6.57. The van der Waals surface area contributed by atoms with Crippen LogP contribution in [0.15, 0.2) is 103 Å². The minimum atomic E-state index is -0.891. The maximum atomic E-state index is 13.4. The molecule has 39 heavy (non-hydrogen) atoms. The fourth-order valence-corrected chi connectivity index (χ4v) is 4.67.